The van der Waals surface area contributed by atoms with Gasteiger partial charge in [0.2, 0.25) is 0 Å². The van der Waals surface area contributed by atoms with Crippen LogP contribution in [0.1, 0.15) is 61.8 Å². The molecule has 1 aliphatic carbocycles. The number of benzene rings is 3. The Morgan fingerprint density at radius 1 is 0.865 bits per heavy atom. The van der Waals surface area contributed by atoms with Crippen LogP contribution < -0.4 is 10.6 Å². The van der Waals surface area contributed by atoms with Crippen molar-refractivity contribution >= 4 is 5.70 Å². The second-order valence-electron chi connectivity index (χ2n) is 10.5. The highest BCUT2D eigenvalue weighted by molar-refractivity contribution is 5.83. The van der Waals surface area contributed by atoms with Crippen molar-refractivity contribution in [2.75, 3.05) is 19.6 Å². The normalized spacial score (nSPS) is 15.7. The van der Waals surface area contributed by atoms with Crippen LogP contribution in [0.25, 0.3) is 16.8 Å². The lowest BCUT2D eigenvalue weighted by molar-refractivity contribution is 0.274. The lowest BCUT2D eigenvalue weighted by Gasteiger charge is -2.35. The van der Waals surface area contributed by atoms with Crippen molar-refractivity contribution in [3.8, 4) is 11.1 Å². The van der Waals surface area contributed by atoms with E-state index in [-0.39, 0.29) is 5.41 Å². The minimum atomic E-state index is -0.166. The maximum Gasteiger partial charge on any atom is 0.0604 e. The summed E-state index contributed by atoms with van der Waals surface area (Å²) in [7, 11) is 0. The highest BCUT2D eigenvalue weighted by Crippen LogP contribution is 2.53. The maximum absolute atomic E-state index is 4.61. The molecule has 0 saturated heterocycles. The first kappa shape index (κ1) is 25.4. The van der Waals surface area contributed by atoms with Crippen LogP contribution in [0.5, 0.6) is 0 Å². The molecule has 1 atom stereocenters. The van der Waals surface area contributed by atoms with Crippen LogP contribution in [0.2, 0.25) is 0 Å². The van der Waals surface area contributed by atoms with E-state index in [9.17, 15) is 0 Å². The van der Waals surface area contributed by atoms with Crippen LogP contribution in [-0.2, 0) is 12.0 Å². The Labute approximate surface area is 223 Å². The van der Waals surface area contributed by atoms with Crippen molar-refractivity contribution in [2.24, 2.45) is 0 Å². The average molecular weight is 492 g/mol. The van der Waals surface area contributed by atoms with Gasteiger partial charge >= 0.3 is 0 Å². The third-order valence-corrected chi connectivity index (χ3v) is 8.43. The second kappa shape index (κ2) is 11.0. The van der Waals surface area contributed by atoms with Crippen molar-refractivity contribution in [2.45, 2.75) is 57.5 Å². The molecule has 0 fully saturated rings. The number of rotatable bonds is 12. The molecule has 0 aromatic heterocycles. The van der Waals surface area contributed by atoms with Crippen LogP contribution in [0.15, 0.2) is 91.7 Å². The average Bonchev–Trinajstić information content (AvgIpc) is 3.42. The van der Waals surface area contributed by atoms with Gasteiger partial charge in [0.25, 0.3) is 0 Å². The molecular weight excluding hydrogens is 450 g/mol. The van der Waals surface area contributed by atoms with Gasteiger partial charge in [-0.2, -0.15) is 0 Å². The predicted molar refractivity (Wildman–Crippen MR) is 157 cm³/mol. The third-order valence-electron chi connectivity index (χ3n) is 8.43. The summed E-state index contributed by atoms with van der Waals surface area (Å²) < 4.78 is 0. The molecule has 37 heavy (non-hydrogen) atoms. The summed E-state index contributed by atoms with van der Waals surface area (Å²) >= 11 is 0. The van der Waals surface area contributed by atoms with E-state index in [1.807, 2.05) is 0 Å². The number of fused-ring (bicyclic) bond motifs is 4. The molecule has 2 N–H and O–H groups in total. The molecule has 3 aromatic rings. The first-order valence-corrected chi connectivity index (χ1v) is 14.0. The van der Waals surface area contributed by atoms with E-state index in [2.05, 4.69) is 115 Å². The Balaban J connectivity index is 1.17. The summed E-state index contributed by atoms with van der Waals surface area (Å²) in [5.41, 5.74) is 10.3. The van der Waals surface area contributed by atoms with Gasteiger partial charge in [0.15, 0.2) is 0 Å². The molecule has 0 radical (unpaired) electrons. The van der Waals surface area contributed by atoms with Gasteiger partial charge in [-0.25, -0.2) is 0 Å². The van der Waals surface area contributed by atoms with Gasteiger partial charge in [-0.3, -0.25) is 0 Å². The number of allylic oxidation sites excluding steroid dienone is 1. The summed E-state index contributed by atoms with van der Waals surface area (Å²) in [6.45, 7) is 17.3. The monoisotopic (exact) mass is 491 g/mol. The van der Waals surface area contributed by atoms with Crippen LogP contribution in [0, 0.1) is 0 Å². The fourth-order valence-corrected chi connectivity index (χ4v) is 6.60. The minimum absolute atomic E-state index is 0.166. The molecule has 0 saturated carbocycles. The smallest absolute Gasteiger partial charge is 0.0604 e. The molecule has 0 spiro atoms. The summed E-state index contributed by atoms with van der Waals surface area (Å²) in [5, 5.41) is 7.41. The highest BCUT2D eigenvalue weighted by Gasteiger charge is 2.44. The fraction of sp³-hybridized carbons (Fsp3) is 0.353. The second-order valence-corrected chi connectivity index (χ2v) is 10.5. The SMILES string of the molecule is C=C1c2ccccc2CN1C(CC)CCNCCNC(=C)C1(CCC)c2ccccc2-c2ccccc21. The molecule has 0 bridgehead atoms. The Hall–Kier alpha value is -3.30. The van der Waals surface area contributed by atoms with Gasteiger partial charge in [-0.15, -0.1) is 0 Å². The topological polar surface area (TPSA) is 27.3 Å². The van der Waals surface area contributed by atoms with Crippen LogP contribution in [-0.4, -0.2) is 30.6 Å². The maximum atomic E-state index is 4.61. The number of hydrogen-bond acceptors (Lipinski definition) is 3. The van der Waals surface area contributed by atoms with Gasteiger partial charge in [0.05, 0.1) is 5.41 Å². The van der Waals surface area contributed by atoms with Crippen LogP contribution in [0.3, 0.4) is 0 Å². The quantitative estimate of drug-likeness (QED) is 0.265. The van der Waals surface area contributed by atoms with Crippen molar-refractivity contribution in [1.29, 1.82) is 0 Å². The molecule has 3 heteroatoms. The number of nitrogens with zero attached hydrogens (tertiary/aromatic N) is 1. The van der Waals surface area contributed by atoms with Gasteiger partial charge in [0.1, 0.15) is 0 Å². The lowest BCUT2D eigenvalue weighted by atomic mass is 9.72. The van der Waals surface area contributed by atoms with E-state index < -0.39 is 0 Å². The highest BCUT2D eigenvalue weighted by atomic mass is 15.2. The molecule has 3 aromatic carbocycles. The van der Waals surface area contributed by atoms with Crippen molar-refractivity contribution in [1.82, 2.24) is 15.5 Å². The summed E-state index contributed by atoms with van der Waals surface area (Å²) in [4.78, 5) is 2.50. The largest absolute Gasteiger partial charge is 0.387 e. The molecule has 1 aliphatic heterocycles. The third kappa shape index (κ3) is 4.51. The van der Waals surface area contributed by atoms with Gasteiger partial charge in [0, 0.05) is 42.6 Å². The zero-order chi connectivity index (χ0) is 25.8. The summed E-state index contributed by atoms with van der Waals surface area (Å²) in [6, 6.07) is 26.9. The zero-order valence-corrected chi connectivity index (χ0v) is 22.5. The lowest BCUT2D eigenvalue weighted by Crippen LogP contribution is -2.38. The minimum Gasteiger partial charge on any atom is -0.387 e. The van der Waals surface area contributed by atoms with Crippen molar-refractivity contribution in [3.05, 3.63) is 114 Å². The van der Waals surface area contributed by atoms with Crippen LogP contribution >= 0.6 is 0 Å². The molecule has 192 valence electrons. The van der Waals surface area contributed by atoms with E-state index in [1.54, 1.807) is 0 Å². The first-order valence-electron chi connectivity index (χ1n) is 14.0. The molecular formula is C34H41N3. The van der Waals surface area contributed by atoms with E-state index in [1.165, 1.54) is 39.1 Å². The molecule has 2 aliphatic rings. The zero-order valence-electron chi connectivity index (χ0n) is 22.5. The first-order chi connectivity index (χ1) is 18.1. The van der Waals surface area contributed by atoms with E-state index in [0.29, 0.717) is 6.04 Å². The summed E-state index contributed by atoms with van der Waals surface area (Å²) in [6.07, 6.45) is 4.40. The number of nitrogens with one attached hydrogen (secondary N) is 2. The predicted octanol–water partition coefficient (Wildman–Crippen LogP) is 7.10. The molecule has 3 nitrogen and oxygen atoms in total. The standard InChI is InChI=1S/C34H41N3/c1-5-20-34(32-17-11-9-15-30(32)31-16-10-12-18-33(31)34)26(4)36-23-22-35-21-19-28(6-2)37-24-27-13-7-8-14-29(27)25(37)3/h7-18,28,35-36H,3-6,19-24H2,1-2H3. The van der Waals surface area contributed by atoms with Crippen molar-refractivity contribution < 1.29 is 0 Å². The van der Waals surface area contributed by atoms with Crippen molar-refractivity contribution in [3.63, 3.8) is 0 Å². The van der Waals surface area contributed by atoms with Gasteiger partial charge in [-0.1, -0.05) is 106 Å². The van der Waals surface area contributed by atoms with E-state index in [4.69, 9.17) is 0 Å². The molecule has 1 unspecified atom stereocenters. The van der Waals surface area contributed by atoms with Gasteiger partial charge < -0.3 is 15.5 Å². The Kier molecular flexibility index (Phi) is 7.53. The summed E-state index contributed by atoms with van der Waals surface area (Å²) in [5.74, 6) is 0. The Bertz CT molecular complexity index is 1230. The van der Waals surface area contributed by atoms with Gasteiger partial charge in [-0.05, 0) is 53.6 Å². The van der Waals surface area contributed by atoms with E-state index in [0.717, 1.165) is 57.6 Å². The van der Waals surface area contributed by atoms with Crippen LogP contribution in [0.4, 0.5) is 0 Å². The Morgan fingerprint density at radius 2 is 1.49 bits per heavy atom. The number of hydrogen-bond donors (Lipinski definition) is 2. The fourth-order valence-electron chi connectivity index (χ4n) is 6.60. The van der Waals surface area contributed by atoms with E-state index >= 15 is 0 Å². The molecule has 0 amide bonds. The molecule has 5 rings (SSSR count). The Morgan fingerprint density at radius 3 is 2.11 bits per heavy atom. The molecule has 1 heterocycles.